The Kier molecular flexibility index (Phi) is 3.03. The lowest BCUT2D eigenvalue weighted by Crippen LogP contribution is -2.22. The van der Waals surface area contributed by atoms with Crippen molar-refractivity contribution < 1.29 is 0 Å². The van der Waals surface area contributed by atoms with Crippen LogP contribution in [0.15, 0.2) is 0 Å². The first kappa shape index (κ1) is 9.16. The lowest BCUT2D eigenvalue weighted by Gasteiger charge is -2.34. The van der Waals surface area contributed by atoms with Gasteiger partial charge in [0.25, 0.3) is 0 Å². The highest BCUT2D eigenvalue weighted by atomic mass is 14.3. The van der Waals surface area contributed by atoms with Crippen LogP contribution in [0.25, 0.3) is 0 Å². The molecule has 0 heterocycles. The van der Waals surface area contributed by atoms with E-state index in [0.29, 0.717) is 5.82 Å². The predicted molar refractivity (Wildman–Crippen MR) is 50.8 cm³/mol. The van der Waals surface area contributed by atoms with Gasteiger partial charge in [0.1, 0.15) is 0 Å². The molecule has 11 heavy (non-hydrogen) atoms. The van der Waals surface area contributed by atoms with E-state index in [9.17, 15) is 0 Å². The quantitative estimate of drug-likeness (QED) is 0.504. The average molecular weight is 150 g/mol. The molecule has 1 saturated carbocycles. The highest BCUT2D eigenvalue weighted by molar-refractivity contribution is 6.11. The van der Waals surface area contributed by atoms with E-state index in [0.717, 1.165) is 17.8 Å². The van der Waals surface area contributed by atoms with Gasteiger partial charge in [-0.15, -0.1) is 0 Å². The molecule has 0 spiro atoms. The monoisotopic (exact) mass is 150 g/mol. The molecule has 1 heteroatoms. The lowest BCUT2D eigenvalue weighted by atomic mass is 9.63. The van der Waals surface area contributed by atoms with Gasteiger partial charge in [0.2, 0.25) is 0 Å². The van der Waals surface area contributed by atoms with Crippen molar-refractivity contribution in [3.63, 3.8) is 0 Å². The molecule has 0 aromatic carbocycles. The molecule has 0 nitrogen and oxygen atoms in total. The van der Waals surface area contributed by atoms with E-state index < -0.39 is 0 Å². The Bertz CT molecular complexity index is 120. The van der Waals surface area contributed by atoms with Crippen LogP contribution in [-0.4, -0.2) is 7.85 Å². The molecule has 1 aliphatic carbocycles. The van der Waals surface area contributed by atoms with Gasteiger partial charge in [-0.25, -0.2) is 0 Å². The first-order valence-corrected chi connectivity index (χ1v) is 4.87. The van der Waals surface area contributed by atoms with Gasteiger partial charge in [-0.05, 0) is 24.2 Å². The molecule has 0 saturated heterocycles. The molecule has 0 bridgehead atoms. The van der Waals surface area contributed by atoms with Crippen molar-refractivity contribution in [2.75, 3.05) is 0 Å². The summed E-state index contributed by atoms with van der Waals surface area (Å²) in [5.74, 6) is 2.94. The fourth-order valence-corrected chi connectivity index (χ4v) is 2.00. The zero-order valence-electron chi connectivity index (χ0n) is 8.01. The Balaban J connectivity index is 2.40. The van der Waals surface area contributed by atoms with Gasteiger partial charge in [-0.2, -0.15) is 0 Å². The summed E-state index contributed by atoms with van der Waals surface area (Å²) in [6.07, 6.45) is 3.98. The molecular weight excluding hydrogens is 131 g/mol. The molecule has 1 aliphatic rings. The smallest absolute Gasteiger partial charge is 0.0703 e. The summed E-state index contributed by atoms with van der Waals surface area (Å²) in [7, 11) is 6.01. The SMILES string of the molecule is [B]C1CC(C(C)C)CC[C@@H]1C. The summed E-state index contributed by atoms with van der Waals surface area (Å²) < 4.78 is 0. The van der Waals surface area contributed by atoms with Gasteiger partial charge in [0.15, 0.2) is 0 Å². The van der Waals surface area contributed by atoms with Crippen molar-refractivity contribution in [2.45, 2.75) is 45.9 Å². The maximum Gasteiger partial charge on any atom is 0.0703 e. The van der Waals surface area contributed by atoms with E-state index in [1.54, 1.807) is 0 Å². The predicted octanol–water partition coefficient (Wildman–Crippen LogP) is 3.04. The van der Waals surface area contributed by atoms with Crippen LogP contribution in [0.5, 0.6) is 0 Å². The maximum atomic E-state index is 6.01. The van der Waals surface area contributed by atoms with E-state index >= 15 is 0 Å². The van der Waals surface area contributed by atoms with E-state index in [-0.39, 0.29) is 0 Å². The molecule has 0 N–H and O–H groups in total. The molecule has 0 aromatic heterocycles. The van der Waals surface area contributed by atoms with Crippen LogP contribution >= 0.6 is 0 Å². The zero-order chi connectivity index (χ0) is 8.43. The van der Waals surface area contributed by atoms with Crippen LogP contribution in [0.4, 0.5) is 0 Å². The Morgan fingerprint density at radius 1 is 1.27 bits per heavy atom. The van der Waals surface area contributed by atoms with Crippen molar-refractivity contribution in [2.24, 2.45) is 17.8 Å². The van der Waals surface area contributed by atoms with Gasteiger partial charge in [-0.3, -0.25) is 0 Å². The van der Waals surface area contributed by atoms with E-state index in [1.165, 1.54) is 19.3 Å². The van der Waals surface area contributed by atoms with Gasteiger partial charge in [-0.1, -0.05) is 39.4 Å². The van der Waals surface area contributed by atoms with E-state index in [2.05, 4.69) is 20.8 Å². The minimum absolute atomic E-state index is 0.469. The number of rotatable bonds is 1. The molecule has 3 atom stereocenters. The largest absolute Gasteiger partial charge is 0.0746 e. The lowest BCUT2D eigenvalue weighted by molar-refractivity contribution is 0.235. The summed E-state index contributed by atoms with van der Waals surface area (Å²) in [6.45, 7) is 6.90. The topological polar surface area (TPSA) is 0 Å². The highest BCUT2D eigenvalue weighted by Gasteiger charge is 2.25. The standard InChI is InChI=1S/C10H19B/c1-7(2)9-5-4-8(3)10(11)6-9/h7-10H,4-6H2,1-3H3/t8-,9?,10?/m0/s1. The molecule has 0 aromatic rings. The molecule has 1 fully saturated rings. The Morgan fingerprint density at radius 2 is 1.91 bits per heavy atom. The first-order chi connectivity index (χ1) is 5.11. The van der Waals surface area contributed by atoms with E-state index in [4.69, 9.17) is 7.85 Å². The molecule has 2 unspecified atom stereocenters. The third-order valence-electron chi connectivity index (χ3n) is 3.24. The van der Waals surface area contributed by atoms with Crippen molar-refractivity contribution >= 4 is 7.85 Å². The summed E-state index contributed by atoms with van der Waals surface area (Å²) in [5.41, 5.74) is 0. The molecule has 2 radical (unpaired) electrons. The normalized spacial score (nSPS) is 39.5. The molecular formula is C10H19B. The summed E-state index contributed by atoms with van der Waals surface area (Å²) in [6, 6.07) is 0. The van der Waals surface area contributed by atoms with Gasteiger partial charge in [0.05, 0.1) is 7.85 Å². The summed E-state index contributed by atoms with van der Waals surface area (Å²) in [4.78, 5) is 0. The van der Waals surface area contributed by atoms with Crippen LogP contribution in [0.2, 0.25) is 5.82 Å². The maximum absolute atomic E-state index is 6.01. The molecule has 0 amide bonds. The van der Waals surface area contributed by atoms with Crippen LogP contribution in [0.3, 0.4) is 0 Å². The Hall–Kier alpha value is 0.0649. The zero-order valence-corrected chi connectivity index (χ0v) is 8.01. The van der Waals surface area contributed by atoms with Gasteiger partial charge < -0.3 is 0 Å². The molecule has 1 rings (SSSR count). The minimum Gasteiger partial charge on any atom is -0.0746 e. The summed E-state index contributed by atoms with van der Waals surface area (Å²) >= 11 is 0. The van der Waals surface area contributed by atoms with Crippen LogP contribution in [-0.2, 0) is 0 Å². The Morgan fingerprint density at radius 3 is 2.36 bits per heavy atom. The fourth-order valence-electron chi connectivity index (χ4n) is 2.00. The second-order valence-corrected chi connectivity index (χ2v) is 4.46. The van der Waals surface area contributed by atoms with Gasteiger partial charge >= 0.3 is 0 Å². The summed E-state index contributed by atoms with van der Waals surface area (Å²) in [5, 5.41) is 0. The molecule has 62 valence electrons. The Labute approximate surface area is 72.2 Å². The van der Waals surface area contributed by atoms with Crippen LogP contribution < -0.4 is 0 Å². The number of hydrogen-bond donors (Lipinski definition) is 0. The second-order valence-electron chi connectivity index (χ2n) is 4.46. The first-order valence-electron chi connectivity index (χ1n) is 4.87. The average Bonchev–Trinajstić information content (AvgIpc) is 1.94. The minimum atomic E-state index is 0.469. The van der Waals surface area contributed by atoms with Crippen molar-refractivity contribution in [3.05, 3.63) is 0 Å². The van der Waals surface area contributed by atoms with Crippen LogP contribution in [0, 0.1) is 17.8 Å². The van der Waals surface area contributed by atoms with Crippen molar-refractivity contribution in [1.82, 2.24) is 0 Å². The third kappa shape index (κ3) is 2.25. The van der Waals surface area contributed by atoms with Gasteiger partial charge in [0, 0.05) is 0 Å². The van der Waals surface area contributed by atoms with Crippen molar-refractivity contribution in [3.8, 4) is 0 Å². The van der Waals surface area contributed by atoms with Crippen LogP contribution in [0.1, 0.15) is 40.0 Å². The fraction of sp³-hybridized carbons (Fsp3) is 1.00. The number of hydrogen-bond acceptors (Lipinski definition) is 0. The van der Waals surface area contributed by atoms with E-state index in [1.807, 2.05) is 0 Å². The highest BCUT2D eigenvalue weighted by Crippen LogP contribution is 2.38. The molecule has 0 aliphatic heterocycles. The second kappa shape index (κ2) is 3.64. The third-order valence-corrected chi connectivity index (χ3v) is 3.24. The van der Waals surface area contributed by atoms with Crippen molar-refractivity contribution in [1.29, 1.82) is 0 Å².